The Hall–Kier alpha value is -2.00. The molecule has 1 aliphatic carbocycles. The molecule has 0 unspecified atom stereocenters. The molecule has 1 fully saturated rings. The molecule has 1 aliphatic rings. The van der Waals surface area contributed by atoms with Gasteiger partial charge in [0, 0.05) is 11.1 Å². The second-order valence-corrected chi connectivity index (χ2v) is 6.13. The Labute approximate surface area is 127 Å². The second kappa shape index (κ2) is 4.50. The number of aromatic nitrogens is 2. The highest BCUT2D eigenvalue weighted by Crippen LogP contribution is 2.43. The van der Waals surface area contributed by atoms with Crippen LogP contribution in [-0.2, 0) is 0 Å². The summed E-state index contributed by atoms with van der Waals surface area (Å²) in [4.78, 5) is 4.71. The summed E-state index contributed by atoms with van der Waals surface area (Å²) >= 11 is 6.07. The topological polar surface area (TPSA) is 38.0 Å². The van der Waals surface area contributed by atoms with Gasteiger partial charge in [-0.15, -0.1) is 0 Å². The maximum Gasteiger partial charge on any atom is 0.145 e. The molecule has 106 valence electrons. The quantitative estimate of drug-likeness (QED) is 0.744. The van der Waals surface area contributed by atoms with Gasteiger partial charge in [-0.3, -0.25) is 0 Å². The van der Waals surface area contributed by atoms with Crippen molar-refractivity contribution in [2.24, 2.45) is 0 Å². The summed E-state index contributed by atoms with van der Waals surface area (Å²) in [7, 11) is 0. The molecule has 4 heteroatoms. The third-order valence-electron chi connectivity index (χ3n) is 3.96. The molecule has 1 aromatic heterocycles. The van der Waals surface area contributed by atoms with E-state index < -0.39 is 0 Å². The van der Waals surface area contributed by atoms with E-state index in [1.54, 1.807) is 6.07 Å². The highest BCUT2D eigenvalue weighted by Gasteiger charge is 2.29. The number of nitrogens with zero attached hydrogens (tertiary/aromatic N) is 2. The highest BCUT2D eigenvalue weighted by atomic mass is 35.5. The van der Waals surface area contributed by atoms with Gasteiger partial charge in [-0.2, -0.15) is 0 Å². The number of phenolic OH excluding ortho intramolecular Hbond substituents is 1. The highest BCUT2D eigenvalue weighted by molar-refractivity contribution is 6.31. The minimum atomic E-state index is 0.276. The van der Waals surface area contributed by atoms with Crippen LogP contribution in [0.5, 0.6) is 5.75 Å². The number of aryl methyl sites for hydroxylation is 1. The van der Waals surface area contributed by atoms with Crippen molar-refractivity contribution in [3.05, 3.63) is 47.0 Å². The van der Waals surface area contributed by atoms with E-state index in [1.807, 2.05) is 37.3 Å². The molecule has 1 heterocycles. The smallest absolute Gasteiger partial charge is 0.145 e. The van der Waals surface area contributed by atoms with E-state index in [2.05, 4.69) is 4.57 Å². The summed E-state index contributed by atoms with van der Waals surface area (Å²) in [6, 6.07) is 12.0. The van der Waals surface area contributed by atoms with E-state index >= 15 is 0 Å². The number of halogens is 1. The van der Waals surface area contributed by atoms with Crippen LogP contribution in [0.4, 0.5) is 0 Å². The van der Waals surface area contributed by atoms with Crippen LogP contribution in [0.1, 0.15) is 24.4 Å². The van der Waals surface area contributed by atoms with Crippen LogP contribution in [0, 0.1) is 6.92 Å². The molecule has 0 saturated heterocycles. The number of aromatic hydroxyl groups is 1. The molecule has 0 bridgehead atoms. The molecule has 0 atom stereocenters. The largest absolute Gasteiger partial charge is 0.507 e. The van der Waals surface area contributed by atoms with Crippen molar-refractivity contribution in [2.75, 3.05) is 0 Å². The maximum atomic E-state index is 10.3. The van der Waals surface area contributed by atoms with Crippen molar-refractivity contribution in [1.82, 2.24) is 9.55 Å². The average molecular weight is 299 g/mol. The number of hydrogen-bond acceptors (Lipinski definition) is 2. The van der Waals surface area contributed by atoms with E-state index in [9.17, 15) is 5.11 Å². The molecule has 2 aromatic carbocycles. The van der Waals surface area contributed by atoms with Gasteiger partial charge in [-0.25, -0.2) is 4.98 Å². The summed E-state index contributed by atoms with van der Waals surface area (Å²) < 4.78 is 2.23. The van der Waals surface area contributed by atoms with Crippen molar-refractivity contribution in [3.8, 4) is 17.1 Å². The number of rotatable bonds is 2. The second-order valence-electron chi connectivity index (χ2n) is 5.69. The number of benzene rings is 2. The predicted octanol–water partition coefficient (Wildman–Crippen LogP) is 4.71. The van der Waals surface area contributed by atoms with Gasteiger partial charge in [0.1, 0.15) is 11.6 Å². The summed E-state index contributed by atoms with van der Waals surface area (Å²) in [6.07, 6.45) is 2.32. The van der Waals surface area contributed by atoms with Gasteiger partial charge in [0.15, 0.2) is 0 Å². The standard InChI is InChI=1S/C17H15ClN2O/c1-10-2-6-13(16(21)8-10)17-19-14-9-11(18)3-7-15(14)20(17)12-4-5-12/h2-3,6-9,12,21H,4-5H2,1H3. The average Bonchev–Trinajstić information content (AvgIpc) is 3.20. The first kappa shape index (κ1) is 12.7. The lowest BCUT2D eigenvalue weighted by Gasteiger charge is -2.09. The molecule has 3 nitrogen and oxygen atoms in total. The zero-order chi connectivity index (χ0) is 14.6. The van der Waals surface area contributed by atoms with Crippen molar-refractivity contribution < 1.29 is 5.11 Å². The third-order valence-corrected chi connectivity index (χ3v) is 4.19. The molecule has 1 N–H and O–H groups in total. The van der Waals surface area contributed by atoms with E-state index in [0.717, 1.165) is 40.8 Å². The first-order chi connectivity index (χ1) is 10.1. The lowest BCUT2D eigenvalue weighted by Crippen LogP contribution is -1.97. The zero-order valence-electron chi connectivity index (χ0n) is 11.7. The fourth-order valence-corrected chi connectivity index (χ4v) is 2.96. The van der Waals surface area contributed by atoms with Gasteiger partial charge < -0.3 is 9.67 Å². The minimum absolute atomic E-state index is 0.276. The molecule has 4 rings (SSSR count). The first-order valence-corrected chi connectivity index (χ1v) is 7.49. The van der Waals surface area contributed by atoms with Crippen LogP contribution in [0.25, 0.3) is 22.4 Å². The van der Waals surface area contributed by atoms with Crippen molar-refractivity contribution >= 4 is 22.6 Å². The Morgan fingerprint density at radius 3 is 2.71 bits per heavy atom. The van der Waals surface area contributed by atoms with Gasteiger partial charge in [-0.1, -0.05) is 17.7 Å². The number of fused-ring (bicyclic) bond motifs is 1. The molecular weight excluding hydrogens is 284 g/mol. The van der Waals surface area contributed by atoms with Crippen LogP contribution < -0.4 is 0 Å². The lowest BCUT2D eigenvalue weighted by atomic mass is 10.1. The van der Waals surface area contributed by atoms with Gasteiger partial charge in [0.2, 0.25) is 0 Å². The Bertz CT molecular complexity index is 849. The van der Waals surface area contributed by atoms with Crippen molar-refractivity contribution in [3.63, 3.8) is 0 Å². The number of phenols is 1. The van der Waals surface area contributed by atoms with Crippen LogP contribution in [0.2, 0.25) is 5.02 Å². The van der Waals surface area contributed by atoms with Gasteiger partial charge in [0.05, 0.1) is 16.6 Å². The fraction of sp³-hybridized carbons (Fsp3) is 0.235. The summed E-state index contributed by atoms with van der Waals surface area (Å²) in [5, 5.41) is 11.0. The van der Waals surface area contributed by atoms with Gasteiger partial charge in [-0.05, 0) is 55.7 Å². The summed E-state index contributed by atoms with van der Waals surface area (Å²) in [5.41, 5.74) is 3.77. The van der Waals surface area contributed by atoms with Gasteiger partial charge in [0.25, 0.3) is 0 Å². The predicted molar refractivity (Wildman–Crippen MR) is 84.9 cm³/mol. The van der Waals surface area contributed by atoms with Crippen LogP contribution >= 0.6 is 11.6 Å². The minimum Gasteiger partial charge on any atom is -0.507 e. The van der Waals surface area contributed by atoms with Gasteiger partial charge >= 0.3 is 0 Å². The van der Waals surface area contributed by atoms with Crippen LogP contribution in [-0.4, -0.2) is 14.7 Å². The van der Waals surface area contributed by atoms with Crippen LogP contribution in [0.3, 0.4) is 0 Å². The SMILES string of the molecule is Cc1ccc(-c2nc3cc(Cl)ccc3n2C2CC2)c(O)c1. The lowest BCUT2D eigenvalue weighted by molar-refractivity contribution is 0.476. The number of imidazole rings is 1. The van der Waals surface area contributed by atoms with E-state index in [4.69, 9.17) is 16.6 Å². The fourth-order valence-electron chi connectivity index (χ4n) is 2.80. The molecule has 1 saturated carbocycles. The molecule has 0 spiro atoms. The number of hydrogen-bond donors (Lipinski definition) is 1. The molecule has 0 radical (unpaired) electrons. The van der Waals surface area contributed by atoms with E-state index in [-0.39, 0.29) is 5.75 Å². The van der Waals surface area contributed by atoms with Crippen molar-refractivity contribution in [1.29, 1.82) is 0 Å². The van der Waals surface area contributed by atoms with Crippen LogP contribution in [0.15, 0.2) is 36.4 Å². The monoisotopic (exact) mass is 298 g/mol. The summed E-state index contributed by atoms with van der Waals surface area (Å²) in [6.45, 7) is 1.97. The Morgan fingerprint density at radius 2 is 2.00 bits per heavy atom. The normalized spacial score (nSPS) is 14.8. The zero-order valence-corrected chi connectivity index (χ0v) is 12.4. The molecule has 0 amide bonds. The molecule has 21 heavy (non-hydrogen) atoms. The first-order valence-electron chi connectivity index (χ1n) is 7.11. The third kappa shape index (κ3) is 2.09. The molecule has 0 aliphatic heterocycles. The molecular formula is C17H15ClN2O. The Morgan fingerprint density at radius 1 is 1.19 bits per heavy atom. The maximum absolute atomic E-state index is 10.3. The van der Waals surface area contributed by atoms with E-state index in [1.165, 1.54) is 0 Å². The molecule has 3 aromatic rings. The van der Waals surface area contributed by atoms with E-state index in [0.29, 0.717) is 11.1 Å². The Kier molecular flexibility index (Phi) is 2.73. The Balaban J connectivity index is 2.01. The summed E-state index contributed by atoms with van der Waals surface area (Å²) in [5.74, 6) is 1.10. The van der Waals surface area contributed by atoms with Crippen molar-refractivity contribution in [2.45, 2.75) is 25.8 Å².